The second-order valence-corrected chi connectivity index (χ2v) is 22.2. The van der Waals surface area contributed by atoms with Crippen LogP contribution in [-0.2, 0) is 42.6 Å². The van der Waals surface area contributed by atoms with Gasteiger partial charge >= 0.3 is 0 Å². The summed E-state index contributed by atoms with van der Waals surface area (Å²) in [5.41, 5.74) is 0. The molecule has 492 valence electrons. The molecule has 6 N–H and O–H groups in total. The Morgan fingerprint density at radius 2 is 0.333 bits per heavy atom. The highest BCUT2D eigenvalue weighted by Gasteiger charge is 2.19. The lowest BCUT2D eigenvalue weighted by molar-refractivity contribution is 0.0143. The van der Waals surface area contributed by atoms with E-state index < -0.39 is 0 Å². The van der Waals surface area contributed by atoms with Crippen molar-refractivity contribution in [3.8, 4) is 34.5 Å². The summed E-state index contributed by atoms with van der Waals surface area (Å²) in [6.07, 6.45) is 3.87. The molecule has 0 unspecified atom stereocenters. The maximum absolute atomic E-state index is 11.6. The van der Waals surface area contributed by atoms with Gasteiger partial charge in [-0.25, -0.2) is 0 Å². The Morgan fingerprint density at radius 1 is 0.194 bits per heavy atom. The molecule has 93 heavy (non-hydrogen) atoms. The minimum absolute atomic E-state index is 0.0338. The van der Waals surface area contributed by atoms with E-state index in [1.165, 1.54) is 0 Å². The molecule has 21 nitrogen and oxygen atoms in total. The largest absolute Gasteiger partial charge is 0.507 e. The van der Waals surface area contributed by atoms with E-state index in [1.807, 2.05) is 72.8 Å². The Kier molecular flexibility index (Phi) is 26.0. The number of aromatic hydroxyl groups is 6. The van der Waals surface area contributed by atoms with Gasteiger partial charge in [-0.15, -0.1) is 0 Å². The number of hydrogen-bond donors (Lipinski definition) is 6. The van der Waals surface area contributed by atoms with Gasteiger partial charge in [0.25, 0.3) is 0 Å². The van der Waals surface area contributed by atoms with Crippen LogP contribution in [0.1, 0.15) is 38.5 Å². The lowest BCUT2D eigenvalue weighted by atomic mass is 9.99. The SMILES string of the molecule is Oc1c2cccc3c2c(O)c2cccc(c12)=NCCCOCCOCCOCCCN=c1cccc2c(O)c4c(cccc4c(O)c12)=NCCCOCCOCCOCCCN=c1cccc2c(O)c4c(cccc4c(O)c12)=NCCCOCCOCCOCCCN=3. The fourth-order valence-corrected chi connectivity index (χ4v) is 11.3. The second kappa shape index (κ2) is 35.7. The molecule has 0 fully saturated rings. The lowest BCUT2D eigenvalue weighted by Crippen LogP contribution is -2.12. The molecule has 6 aliphatic heterocycles. The van der Waals surface area contributed by atoms with Crippen LogP contribution in [0, 0.1) is 0 Å². The summed E-state index contributed by atoms with van der Waals surface area (Å²) in [4.78, 5) is 28.6. The fraction of sp³-hybridized carbons (Fsp3) is 0.417. The van der Waals surface area contributed by atoms with E-state index >= 15 is 0 Å². The average molecular weight is 1270 g/mol. The van der Waals surface area contributed by atoms with Crippen molar-refractivity contribution < 1.29 is 73.3 Å². The van der Waals surface area contributed by atoms with Crippen LogP contribution in [0.3, 0.4) is 0 Å². The summed E-state index contributed by atoms with van der Waals surface area (Å²) in [5, 5.41) is 78.9. The number of nitrogens with zero attached hydrogens (tertiary/aromatic N) is 6. The van der Waals surface area contributed by atoms with Crippen LogP contribution in [-0.4, -0.2) is 189 Å². The maximum atomic E-state index is 11.6. The van der Waals surface area contributed by atoms with Crippen LogP contribution < -0.4 is 32.1 Å². The smallest absolute Gasteiger partial charge is 0.133 e. The van der Waals surface area contributed by atoms with Gasteiger partial charge in [-0.05, 0) is 74.9 Å². The first-order valence-corrected chi connectivity index (χ1v) is 32.2. The van der Waals surface area contributed by atoms with Crippen LogP contribution in [0.2, 0.25) is 0 Å². The van der Waals surface area contributed by atoms with Crippen molar-refractivity contribution >= 4 is 64.6 Å². The lowest BCUT2D eigenvalue weighted by Gasteiger charge is -2.10. The van der Waals surface area contributed by atoms with Gasteiger partial charge in [-0.2, -0.15) is 0 Å². The molecule has 0 radical (unpaired) electrons. The van der Waals surface area contributed by atoms with Crippen molar-refractivity contribution in [1.82, 2.24) is 0 Å². The molecular weight excluding hydrogens is 1190 g/mol. The molecule has 0 saturated carbocycles. The van der Waals surface area contributed by atoms with Gasteiger partial charge < -0.3 is 73.3 Å². The number of ether oxygens (including phenoxy) is 9. The molecule has 0 amide bonds. The van der Waals surface area contributed by atoms with Crippen LogP contribution in [0.25, 0.3) is 64.6 Å². The third-order valence-corrected chi connectivity index (χ3v) is 15.8. The quantitative estimate of drug-likeness (QED) is 0.0635. The Hall–Kier alpha value is -8.22. The molecule has 18 bridgehead atoms. The minimum Gasteiger partial charge on any atom is -0.507 e. The second-order valence-electron chi connectivity index (χ2n) is 22.2. The molecule has 0 spiro atoms. The van der Waals surface area contributed by atoms with E-state index in [0.717, 1.165) is 0 Å². The standard InChI is InChI=1S/C72H84N6O15/c79-67-49-13-1-19-55-61(49)68(80)50-14-2-20-56(62(50)67)74-26-8-32-86-38-45-92-46-40-88-34-10-28-76-58-22-5-17-53-65(58)71(83)54-18-6-24-60(66(54)72(53)84)78-30-12-36-90-42-48-93-47-41-89-35-11-29-77-59-23-4-16-52-64(59)70(82)51-15-3-21-57(63(51)69(52)81)75-27-9-33-87-39-44-91-43-37-85-31-7-25-73-55/h1-6,13-24,79-84H,7-12,25-48H2. The van der Waals surface area contributed by atoms with Gasteiger partial charge in [0, 0.05) is 111 Å². The Labute approximate surface area is 538 Å². The molecule has 9 aromatic carbocycles. The van der Waals surface area contributed by atoms with Crippen LogP contribution in [0.5, 0.6) is 34.5 Å². The van der Waals surface area contributed by atoms with Crippen molar-refractivity contribution in [2.45, 2.75) is 38.5 Å². The van der Waals surface area contributed by atoms with Crippen LogP contribution >= 0.6 is 0 Å². The van der Waals surface area contributed by atoms with Crippen LogP contribution in [0.15, 0.2) is 139 Å². The van der Waals surface area contributed by atoms with Gasteiger partial charge in [0.05, 0.1) is 144 Å². The highest BCUT2D eigenvalue weighted by Crippen LogP contribution is 2.41. The number of phenolic OH excluding ortho intramolecular Hbond substituents is 6. The maximum Gasteiger partial charge on any atom is 0.133 e. The first-order valence-electron chi connectivity index (χ1n) is 32.2. The summed E-state index contributed by atoms with van der Waals surface area (Å²) in [5.74, 6) is 0.203. The van der Waals surface area contributed by atoms with E-state index in [9.17, 15) is 30.6 Å². The molecule has 0 aromatic heterocycles. The third-order valence-electron chi connectivity index (χ3n) is 15.8. The van der Waals surface area contributed by atoms with Crippen molar-refractivity contribution in [2.75, 3.05) is 158 Å². The van der Waals surface area contributed by atoms with E-state index in [0.29, 0.717) is 293 Å². The predicted octanol–water partition coefficient (Wildman–Crippen LogP) is 7.46. The van der Waals surface area contributed by atoms with Crippen molar-refractivity contribution in [2.24, 2.45) is 30.0 Å². The summed E-state index contributed by atoms with van der Waals surface area (Å²) in [6, 6.07) is 32.5. The van der Waals surface area contributed by atoms with E-state index in [2.05, 4.69) is 0 Å². The first kappa shape index (κ1) is 67.7. The number of hydrogen-bond acceptors (Lipinski definition) is 21. The zero-order valence-corrected chi connectivity index (χ0v) is 52.6. The molecule has 9 aromatic rings. The molecule has 6 heterocycles. The van der Waals surface area contributed by atoms with E-state index in [1.54, 1.807) is 36.4 Å². The zero-order chi connectivity index (χ0) is 64.4. The number of rotatable bonds is 0. The van der Waals surface area contributed by atoms with Gasteiger partial charge in [-0.1, -0.05) is 72.8 Å². The van der Waals surface area contributed by atoms with Gasteiger partial charge in [0.2, 0.25) is 0 Å². The minimum atomic E-state index is 0.0338. The molecule has 21 heteroatoms. The Morgan fingerprint density at radius 3 is 0.484 bits per heavy atom. The zero-order valence-electron chi connectivity index (χ0n) is 52.6. The summed E-state index contributed by atoms with van der Waals surface area (Å²) >= 11 is 0. The summed E-state index contributed by atoms with van der Waals surface area (Å²) in [6.45, 7) is 10.5. The van der Waals surface area contributed by atoms with E-state index in [-0.39, 0.29) is 34.5 Å². The summed E-state index contributed by atoms with van der Waals surface area (Å²) < 4.78 is 52.0. The van der Waals surface area contributed by atoms with Gasteiger partial charge in [0.15, 0.2) is 0 Å². The molecule has 0 aliphatic carbocycles. The van der Waals surface area contributed by atoms with Crippen LogP contribution in [0.4, 0.5) is 0 Å². The average Bonchev–Trinajstić information content (AvgIpc) is 0.779. The van der Waals surface area contributed by atoms with E-state index in [4.69, 9.17) is 72.6 Å². The molecule has 15 rings (SSSR count). The molecule has 0 saturated heterocycles. The Bertz CT molecular complexity index is 3650. The molecular formula is C72H84N6O15. The predicted molar refractivity (Wildman–Crippen MR) is 356 cm³/mol. The number of benzene rings is 9. The van der Waals surface area contributed by atoms with Gasteiger partial charge in [-0.3, -0.25) is 30.0 Å². The van der Waals surface area contributed by atoms with Crippen molar-refractivity contribution in [1.29, 1.82) is 0 Å². The fourth-order valence-electron chi connectivity index (χ4n) is 11.3. The highest BCUT2D eigenvalue weighted by molar-refractivity contribution is 6.12. The topological polar surface area (TPSA) is 279 Å². The molecule has 6 aliphatic rings. The highest BCUT2D eigenvalue weighted by atomic mass is 16.6. The van der Waals surface area contributed by atoms with Gasteiger partial charge in [0.1, 0.15) is 34.5 Å². The first-order chi connectivity index (χ1) is 45.8. The summed E-state index contributed by atoms with van der Waals surface area (Å²) in [7, 11) is 0. The normalized spacial score (nSPS) is 17.4. The van der Waals surface area contributed by atoms with Crippen molar-refractivity contribution in [3.63, 3.8) is 0 Å². The molecule has 0 atom stereocenters. The monoisotopic (exact) mass is 1270 g/mol. The Balaban J connectivity index is 0.733. The third kappa shape index (κ3) is 17.7. The van der Waals surface area contributed by atoms with Crippen molar-refractivity contribution in [3.05, 3.63) is 141 Å². The number of phenols is 6.